The van der Waals surface area contributed by atoms with Crippen LogP contribution in [0, 0.1) is 0 Å². The van der Waals surface area contributed by atoms with Crippen LogP contribution in [-0.4, -0.2) is 98.3 Å². The number of aliphatic hydroxyl groups is 5. The zero-order valence-electron chi connectivity index (χ0n) is 34.8. The van der Waals surface area contributed by atoms with Crippen LogP contribution in [0.15, 0.2) is 72.9 Å². The second-order valence-electron chi connectivity index (χ2n) is 14.5. The summed E-state index contributed by atoms with van der Waals surface area (Å²) in [6.45, 7) is 3.07. The maximum atomic E-state index is 12.8. The molecule has 0 spiro atoms. The molecule has 1 aliphatic carbocycles. The van der Waals surface area contributed by atoms with Crippen LogP contribution in [0.5, 0.6) is 0 Å². The molecule has 332 valence electrons. The van der Waals surface area contributed by atoms with Crippen molar-refractivity contribution in [3.8, 4) is 0 Å². The molecule has 0 aromatic heterocycles. The number of rotatable bonds is 33. The van der Waals surface area contributed by atoms with Gasteiger partial charge in [0.2, 0.25) is 0 Å². The van der Waals surface area contributed by atoms with Crippen molar-refractivity contribution in [1.29, 1.82) is 0 Å². The van der Waals surface area contributed by atoms with E-state index in [9.17, 15) is 44.6 Å². The molecule has 6 unspecified atom stereocenters. The van der Waals surface area contributed by atoms with Crippen molar-refractivity contribution in [3.63, 3.8) is 0 Å². The van der Waals surface area contributed by atoms with Crippen LogP contribution in [0.1, 0.15) is 136 Å². The Balaban J connectivity index is 2.55. The first kappa shape index (κ1) is 53.3. The third-order valence-electron chi connectivity index (χ3n) is 9.28. The van der Waals surface area contributed by atoms with Crippen LogP contribution in [0.3, 0.4) is 0 Å². The zero-order chi connectivity index (χ0) is 42.9. The summed E-state index contributed by atoms with van der Waals surface area (Å²) in [5, 5.41) is 50.0. The normalized spacial score (nSPS) is 23.2. The summed E-state index contributed by atoms with van der Waals surface area (Å²) in [4.78, 5) is 35.5. The fourth-order valence-corrected chi connectivity index (χ4v) is 6.82. The SMILES string of the molecule is CC/C=C/C/C=C/C/C=C/C/C=C/C/C=C/CCCC(=O)OC[C@@H](COP(=O)(O)OC1C(O)C(O)C(O)[C@H](O)C1O)OC(=O)CCCCCCC/C=C/CCCCC. The molecule has 1 fully saturated rings. The molecule has 0 saturated heterocycles. The Kier molecular flexibility index (Phi) is 31.3. The predicted octanol–water partition coefficient (Wildman–Crippen LogP) is 7.55. The van der Waals surface area contributed by atoms with Crippen LogP contribution in [-0.2, 0) is 32.7 Å². The van der Waals surface area contributed by atoms with E-state index in [4.69, 9.17) is 18.5 Å². The Hall–Kier alpha value is -2.71. The number of hydrogen-bond donors (Lipinski definition) is 6. The molecule has 58 heavy (non-hydrogen) atoms. The first-order chi connectivity index (χ1) is 27.9. The first-order valence-electron chi connectivity index (χ1n) is 21.2. The lowest BCUT2D eigenvalue weighted by atomic mass is 9.85. The molecule has 1 aliphatic rings. The second kappa shape index (κ2) is 34.0. The highest BCUT2D eigenvalue weighted by Crippen LogP contribution is 2.47. The van der Waals surface area contributed by atoms with Crippen LogP contribution in [0.2, 0.25) is 0 Å². The van der Waals surface area contributed by atoms with E-state index in [0.717, 1.165) is 70.6 Å². The van der Waals surface area contributed by atoms with Crippen molar-refractivity contribution in [1.82, 2.24) is 0 Å². The quantitative estimate of drug-likeness (QED) is 0.0163. The minimum Gasteiger partial charge on any atom is -0.462 e. The number of carbonyl (C=O) groups excluding carboxylic acids is 2. The fourth-order valence-electron chi connectivity index (χ4n) is 5.84. The molecule has 0 amide bonds. The van der Waals surface area contributed by atoms with Gasteiger partial charge in [0.25, 0.3) is 0 Å². The molecule has 0 heterocycles. The molecular weight excluding hydrogens is 767 g/mol. The highest BCUT2D eigenvalue weighted by Gasteiger charge is 2.51. The Morgan fingerprint density at radius 1 is 0.552 bits per heavy atom. The lowest BCUT2D eigenvalue weighted by Crippen LogP contribution is -2.64. The average molecular weight is 841 g/mol. The predicted molar refractivity (Wildman–Crippen MR) is 225 cm³/mol. The Morgan fingerprint density at radius 2 is 1.00 bits per heavy atom. The van der Waals surface area contributed by atoms with Gasteiger partial charge in [-0.3, -0.25) is 18.6 Å². The number of aliphatic hydroxyl groups excluding tert-OH is 5. The first-order valence-corrected chi connectivity index (χ1v) is 22.7. The molecular formula is C44H73O13P. The van der Waals surface area contributed by atoms with E-state index in [2.05, 4.69) is 74.6 Å². The highest BCUT2D eigenvalue weighted by molar-refractivity contribution is 7.47. The third kappa shape index (κ3) is 26.4. The number of carbonyl (C=O) groups is 2. The third-order valence-corrected chi connectivity index (χ3v) is 10.3. The van der Waals surface area contributed by atoms with E-state index < -0.39 is 75.7 Å². The lowest BCUT2D eigenvalue weighted by molar-refractivity contribution is -0.220. The van der Waals surface area contributed by atoms with Gasteiger partial charge in [-0.25, -0.2) is 4.57 Å². The van der Waals surface area contributed by atoms with E-state index in [1.807, 2.05) is 12.2 Å². The zero-order valence-corrected chi connectivity index (χ0v) is 35.7. The van der Waals surface area contributed by atoms with Gasteiger partial charge in [-0.15, -0.1) is 0 Å². The standard InChI is InChI=1S/C44H73O13P/c1-3-5-7-9-11-13-15-17-18-19-20-21-23-24-26-28-30-32-37(45)54-34-36(56-38(46)33-31-29-27-25-22-16-14-12-10-8-6-4-2)35-55-58(52,53)57-44-42(50)40(48)39(47)41(49)43(44)51/h5,7,11-14,17-18,20-21,24,26,36,39-44,47-51H,3-4,6,8-10,15-16,19,22-23,25,27-35H2,1-2H3,(H,52,53)/b7-5+,13-11+,14-12+,18-17+,21-20+,26-24+/t36-,39?,40-,41?,42?,43?,44?/m0/s1. The molecule has 1 rings (SSSR count). The molecule has 0 aromatic carbocycles. The van der Waals surface area contributed by atoms with Gasteiger partial charge in [-0.1, -0.05) is 119 Å². The summed E-state index contributed by atoms with van der Waals surface area (Å²) >= 11 is 0. The lowest BCUT2D eigenvalue weighted by Gasteiger charge is -2.41. The van der Waals surface area contributed by atoms with E-state index in [1.54, 1.807) is 0 Å². The van der Waals surface area contributed by atoms with Gasteiger partial charge < -0.3 is 39.9 Å². The van der Waals surface area contributed by atoms with Crippen molar-refractivity contribution in [2.24, 2.45) is 0 Å². The van der Waals surface area contributed by atoms with E-state index in [0.29, 0.717) is 19.3 Å². The molecule has 14 heteroatoms. The minimum absolute atomic E-state index is 0.0703. The van der Waals surface area contributed by atoms with Crippen LogP contribution >= 0.6 is 7.82 Å². The maximum Gasteiger partial charge on any atom is 0.472 e. The topological polar surface area (TPSA) is 210 Å². The summed E-state index contributed by atoms with van der Waals surface area (Å²) in [5.41, 5.74) is 0. The van der Waals surface area contributed by atoms with E-state index in [-0.39, 0.29) is 12.8 Å². The average Bonchev–Trinajstić information content (AvgIpc) is 3.20. The molecule has 13 nitrogen and oxygen atoms in total. The molecule has 0 aromatic rings. The Bertz CT molecular complexity index is 1290. The van der Waals surface area contributed by atoms with Gasteiger partial charge in [-0.2, -0.15) is 0 Å². The maximum absolute atomic E-state index is 12.8. The van der Waals surface area contributed by atoms with E-state index >= 15 is 0 Å². The summed E-state index contributed by atoms with van der Waals surface area (Å²) in [6, 6.07) is 0. The second-order valence-corrected chi connectivity index (χ2v) is 15.9. The van der Waals surface area contributed by atoms with E-state index in [1.165, 1.54) is 19.3 Å². The van der Waals surface area contributed by atoms with Gasteiger partial charge in [0.1, 0.15) is 43.2 Å². The minimum atomic E-state index is -5.13. The number of phosphoric ester groups is 1. The molecule has 0 radical (unpaired) electrons. The Morgan fingerprint density at radius 3 is 1.57 bits per heavy atom. The molecule has 0 aliphatic heterocycles. The largest absolute Gasteiger partial charge is 0.472 e. The van der Waals surface area contributed by atoms with Crippen LogP contribution in [0.4, 0.5) is 0 Å². The summed E-state index contributed by atoms with van der Waals surface area (Å²) < 4.78 is 33.3. The van der Waals surface area contributed by atoms with Gasteiger partial charge >= 0.3 is 19.8 Å². The number of allylic oxidation sites excluding steroid dienone is 12. The molecule has 6 N–H and O–H groups in total. The number of hydrogen-bond acceptors (Lipinski definition) is 12. The Labute approximate surface area is 346 Å². The molecule has 0 bridgehead atoms. The van der Waals surface area contributed by atoms with Gasteiger partial charge in [0.15, 0.2) is 6.10 Å². The van der Waals surface area contributed by atoms with Gasteiger partial charge in [0.05, 0.1) is 6.61 Å². The highest BCUT2D eigenvalue weighted by atomic mass is 31.2. The number of phosphoric acid groups is 1. The summed E-state index contributed by atoms with van der Waals surface area (Å²) in [7, 11) is -5.13. The van der Waals surface area contributed by atoms with Crippen LogP contribution in [0.25, 0.3) is 0 Å². The van der Waals surface area contributed by atoms with Crippen molar-refractivity contribution >= 4 is 19.8 Å². The summed E-state index contributed by atoms with van der Waals surface area (Å²) in [6.07, 6.45) is 28.3. The number of esters is 2. The monoisotopic (exact) mass is 840 g/mol. The summed E-state index contributed by atoms with van der Waals surface area (Å²) in [5.74, 6) is -1.19. The van der Waals surface area contributed by atoms with Crippen molar-refractivity contribution < 1.29 is 63.1 Å². The van der Waals surface area contributed by atoms with Gasteiger partial charge in [-0.05, 0) is 77.0 Å². The van der Waals surface area contributed by atoms with Crippen molar-refractivity contribution in [2.45, 2.75) is 179 Å². The fraction of sp³-hybridized carbons (Fsp3) is 0.682. The van der Waals surface area contributed by atoms with Crippen LogP contribution < -0.4 is 0 Å². The molecule has 1 saturated carbocycles. The van der Waals surface area contributed by atoms with Crippen molar-refractivity contribution in [3.05, 3.63) is 72.9 Å². The van der Waals surface area contributed by atoms with Crippen molar-refractivity contribution in [2.75, 3.05) is 13.2 Å². The van der Waals surface area contributed by atoms with Gasteiger partial charge in [0, 0.05) is 12.8 Å². The smallest absolute Gasteiger partial charge is 0.462 e. The number of ether oxygens (including phenoxy) is 2. The number of unbranched alkanes of at least 4 members (excludes halogenated alkanes) is 9. The molecule has 8 atom stereocenters.